The summed E-state index contributed by atoms with van der Waals surface area (Å²) in [6.45, 7) is 5.25. The summed E-state index contributed by atoms with van der Waals surface area (Å²) < 4.78 is 22.7. The van der Waals surface area contributed by atoms with Crippen LogP contribution in [0.2, 0.25) is 0 Å². The Morgan fingerprint density at radius 2 is 1.56 bits per heavy atom. The lowest BCUT2D eigenvalue weighted by Crippen LogP contribution is -2.52. The number of phenolic OH excluding ortho intramolecular Hbond substituents is 1. The number of amides is 2. The lowest BCUT2D eigenvalue weighted by molar-refractivity contribution is -0.158. The zero-order valence-corrected chi connectivity index (χ0v) is 38.8. The van der Waals surface area contributed by atoms with Gasteiger partial charge in [-0.3, -0.25) is 19.2 Å². The van der Waals surface area contributed by atoms with Crippen LogP contribution >= 0.6 is 0 Å². The number of fused-ring (bicyclic) bond motifs is 2. The third kappa shape index (κ3) is 11.6. The summed E-state index contributed by atoms with van der Waals surface area (Å²) in [6, 6.07) is 26.5. The van der Waals surface area contributed by atoms with Crippen molar-refractivity contribution in [2.45, 2.75) is 78.3 Å². The smallest absolute Gasteiger partial charge is 0.336 e. The zero-order chi connectivity index (χ0) is 49.1. The number of hydrogen-bond acceptors (Lipinski definition) is 11. The van der Waals surface area contributed by atoms with Crippen molar-refractivity contribution < 1.29 is 57.9 Å². The van der Waals surface area contributed by atoms with Gasteiger partial charge in [-0.25, -0.2) is 9.59 Å². The molecule has 0 aromatic heterocycles. The summed E-state index contributed by atoms with van der Waals surface area (Å²) in [6.07, 6.45) is 5.09. The number of carbonyl (C=O) groups is 5. The maximum atomic E-state index is 12.9. The normalized spacial score (nSPS) is 13.5. The van der Waals surface area contributed by atoms with Crippen LogP contribution in [0, 0.1) is 5.41 Å². The van der Waals surface area contributed by atoms with Gasteiger partial charge >= 0.3 is 11.9 Å². The minimum atomic E-state index is -1.12. The molecule has 2 aliphatic heterocycles. The maximum absolute atomic E-state index is 12.9. The van der Waals surface area contributed by atoms with Crippen molar-refractivity contribution in [1.29, 1.82) is 0 Å². The van der Waals surface area contributed by atoms with Crippen LogP contribution in [0.4, 0.5) is 0 Å². The van der Waals surface area contributed by atoms with E-state index in [1.807, 2.05) is 43.3 Å². The number of hydrogen-bond donors (Lipinski definition) is 4. The number of nitrogens with one attached hydrogen (secondary N) is 1. The Bertz CT molecular complexity index is 2850. The summed E-state index contributed by atoms with van der Waals surface area (Å²) in [5.41, 5.74) is 3.20. The number of nitrogens with zero attached hydrogens (tertiary/aromatic N) is 1. The molecule has 1 unspecified atom stereocenters. The molecule has 3 aliphatic rings. The first kappa shape index (κ1) is 49.7. The summed E-state index contributed by atoms with van der Waals surface area (Å²) >= 11 is 0. The van der Waals surface area contributed by atoms with Crippen LogP contribution in [0.15, 0.2) is 106 Å². The van der Waals surface area contributed by atoms with Crippen molar-refractivity contribution in [3.63, 3.8) is 0 Å². The predicted molar refractivity (Wildman–Crippen MR) is 255 cm³/mol. The van der Waals surface area contributed by atoms with Crippen LogP contribution < -0.4 is 25.0 Å². The lowest BCUT2D eigenvalue weighted by atomic mass is 9.84. The number of piperidine rings is 1. The fourth-order valence-corrected chi connectivity index (χ4v) is 8.05. The van der Waals surface area contributed by atoms with E-state index in [2.05, 4.69) is 5.32 Å². The first-order chi connectivity index (χ1) is 32.6. The van der Waals surface area contributed by atoms with Crippen molar-refractivity contribution >= 4 is 40.5 Å². The molecule has 4 aromatic carbocycles. The Morgan fingerprint density at radius 3 is 2.26 bits per heavy atom. The molecule has 15 heteroatoms. The minimum absolute atomic E-state index is 0.0644. The summed E-state index contributed by atoms with van der Waals surface area (Å²) in [4.78, 5) is 73.9. The summed E-state index contributed by atoms with van der Waals surface area (Å²) in [5.74, 6) is -1.70. The number of phenols is 1. The second-order valence-electron chi connectivity index (χ2n) is 17.1. The van der Waals surface area contributed by atoms with Crippen molar-refractivity contribution in [2.24, 2.45) is 5.41 Å². The van der Waals surface area contributed by atoms with E-state index in [-0.39, 0.29) is 46.8 Å². The molecule has 7 rings (SSSR count). The second-order valence-corrected chi connectivity index (χ2v) is 17.1. The third-order valence-corrected chi connectivity index (χ3v) is 12.2. The van der Waals surface area contributed by atoms with Crippen LogP contribution in [0.25, 0.3) is 33.4 Å². The topological polar surface area (TPSA) is 219 Å². The molecule has 2 heterocycles. The van der Waals surface area contributed by atoms with Gasteiger partial charge in [-0.2, -0.15) is 0 Å². The Hall–Kier alpha value is -7.68. The van der Waals surface area contributed by atoms with E-state index in [1.54, 1.807) is 64.5 Å². The van der Waals surface area contributed by atoms with E-state index in [9.17, 15) is 39.0 Å². The highest BCUT2D eigenvalue weighted by atomic mass is 16.5. The minimum Gasteiger partial charge on any atom is -0.507 e. The first-order valence-electron chi connectivity index (χ1n) is 22.4. The van der Waals surface area contributed by atoms with Crippen molar-refractivity contribution in [3.8, 4) is 45.4 Å². The van der Waals surface area contributed by atoms with Gasteiger partial charge in [0, 0.05) is 34.5 Å². The number of aromatic carboxylic acids is 1. The Morgan fingerprint density at radius 1 is 0.824 bits per heavy atom. The number of carboxylic acid groups (broad SMARTS) is 2. The largest absolute Gasteiger partial charge is 0.507 e. The Balaban J connectivity index is 0.000000356. The van der Waals surface area contributed by atoms with Crippen LogP contribution in [0.1, 0.15) is 79.9 Å². The molecule has 15 nitrogen and oxygen atoms in total. The first-order valence-corrected chi connectivity index (χ1v) is 22.4. The zero-order valence-electron chi connectivity index (χ0n) is 38.8. The number of Topliss-reactive ketones (excluding diaryl/α,β-unsaturated/α-hetero) is 1. The fraction of sp³-hybridized carbons (Fsp3) is 0.321. The number of ketones is 1. The van der Waals surface area contributed by atoms with Crippen LogP contribution in [0.3, 0.4) is 0 Å². The Labute approximate surface area is 393 Å². The van der Waals surface area contributed by atoms with Gasteiger partial charge in [-0.05, 0) is 116 Å². The van der Waals surface area contributed by atoms with E-state index < -0.39 is 41.0 Å². The second kappa shape index (κ2) is 22.2. The molecule has 4 N–H and O–H groups in total. The van der Waals surface area contributed by atoms with Gasteiger partial charge in [-0.15, -0.1) is 0 Å². The summed E-state index contributed by atoms with van der Waals surface area (Å²) in [7, 11) is 3.22. The molecule has 4 aromatic rings. The Kier molecular flexibility index (Phi) is 16.2. The van der Waals surface area contributed by atoms with E-state index >= 15 is 0 Å². The molecule has 68 heavy (non-hydrogen) atoms. The average molecular weight is 929 g/mol. The molecular formula is C53H56N2O13. The highest BCUT2D eigenvalue weighted by Gasteiger charge is 2.40. The average Bonchev–Trinajstić information content (AvgIpc) is 3.34. The highest BCUT2D eigenvalue weighted by Crippen LogP contribution is 2.43. The molecule has 1 atom stereocenters. The number of aromatic hydroxyl groups is 1. The summed E-state index contributed by atoms with van der Waals surface area (Å²) in [5, 5.41) is 33.2. The highest BCUT2D eigenvalue weighted by molar-refractivity contribution is 6.38. The van der Waals surface area contributed by atoms with E-state index in [0.717, 1.165) is 43.2 Å². The molecule has 356 valence electrons. The van der Waals surface area contributed by atoms with Crippen LogP contribution in [0.5, 0.6) is 23.0 Å². The number of methoxy groups -OCH3 is 2. The molecule has 0 bridgehead atoms. The maximum Gasteiger partial charge on any atom is 0.336 e. The molecule has 0 spiro atoms. The number of aliphatic carboxylic acids is 1. The van der Waals surface area contributed by atoms with Crippen molar-refractivity contribution in [3.05, 3.63) is 130 Å². The quantitative estimate of drug-likeness (QED) is 0.0500. The molecule has 2 amide bonds. The van der Waals surface area contributed by atoms with Crippen molar-refractivity contribution in [2.75, 3.05) is 27.4 Å². The van der Waals surface area contributed by atoms with Gasteiger partial charge in [0.15, 0.2) is 23.5 Å². The predicted octanol–water partition coefficient (Wildman–Crippen LogP) is 8.31. The van der Waals surface area contributed by atoms with E-state index in [0.29, 0.717) is 58.7 Å². The lowest BCUT2D eigenvalue weighted by Gasteiger charge is -2.34. The SMILES string of the molecule is CCC(C)(C)C(=O)C(=O)N1CCCCC1C(=O)O.COc1ccc(CCCc2cccc(OCC(=O)NCc3c(O)ccc4c(-c5ccccc5C(=O)O)c5ccc(=O)cc-5oc34)c2)cc1OC. The number of carbonyl (C=O) groups excluding carboxylic acids is 3. The number of aryl methyl sites for hydroxylation is 2. The van der Waals surface area contributed by atoms with Gasteiger partial charge in [0.1, 0.15) is 28.9 Å². The van der Waals surface area contributed by atoms with Crippen LogP contribution in [-0.4, -0.2) is 83.2 Å². The fourth-order valence-electron chi connectivity index (χ4n) is 8.05. The number of benzene rings is 5. The number of likely N-dealkylation sites (tertiary alicyclic amines) is 1. The number of carboxylic acids is 2. The van der Waals surface area contributed by atoms with Gasteiger partial charge in [-0.1, -0.05) is 57.2 Å². The molecular weight excluding hydrogens is 873 g/mol. The molecule has 0 radical (unpaired) electrons. The molecule has 0 saturated carbocycles. The molecule has 1 aliphatic carbocycles. The van der Waals surface area contributed by atoms with E-state index in [1.165, 1.54) is 29.2 Å². The van der Waals surface area contributed by atoms with Gasteiger partial charge in [0.25, 0.3) is 11.8 Å². The van der Waals surface area contributed by atoms with Gasteiger partial charge < -0.3 is 44.2 Å². The van der Waals surface area contributed by atoms with Crippen molar-refractivity contribution in [1.82, 2.24) is 10.2 Å². The van der Waals surface area contributed by atoms with E-state index in [4.69, 9.17) is 23.7 Å². The monoisotopic (exact) mass is 928 g/mol. The number of rotatable bonds is 17. The number of ether oxygens (including phenoxy) is 3. The van der Waals surface area contributed by atoms with Gasteiger partial charge in [0.05, 0.1) is 31.9 Å². The molecule has 1 saturated heterocycles. The molecule has 1 fully saturated rings. The van der Waals surface area contributed by atoms with Gasteiger partial charge in [0.2, 0.25) is 5.78 Å². The van der Waals surface area contributed by atoms with Crippen LogP contribution in [-0.2, 0) is 38.6 Å². The third-order valence-electron chi connectivity index (χ3n) is 12.2. The standard InChI is InChI=1S/C40H35NO9.C13H21NO4/c1-47-34-18-13-25(20-36(34)48-2)8-5-7-24-9-6-10-27(19-24)49-23-37(44)41-22-32-33(43)17-16-31-38(28-11-3-4-12-29(28)40(45)46)30-15-14-26(42)21-35(30)50-39(31)32;1-4-13(2,3)10(15)11(16)14-8-6-5-7-9(14)12(17)18/h3-4,6,9-21,43H,5,7-8,22-23H2,1-2H3,(H,41,44)(H,45,46);9H,4-8H2,1-3H3,(H,17,18).